The Morgan fingerprint density at radius 1 is 0.355 bits per heavy atom. The first-order valence-electron chi connectivity index (χ1n) is 14.5. The van der Waals surface area contributed by atoms with Crippen molar-refractivity contribution < 1.29 is 0 Å². The predicted octanol–water partition coefficient (Wildman–Crippen LogP) is 10.9. The molecular weight excluding hydrogens is 398 g/mol. The fourth-order valence-corrected chi connectivity index (χ4v) is 4.85. The fourth-order valence-electron chi connectivity index (χ4n) is 4.85. The molecule has 0 bridgehead atoms. The molecule has 0 unspecified atom stereocenters. The van der Waals surface area contributed by atoms with Gasteiger partial charge in [0.25, 0.3) is 0 Å². The summed E-state index contributed by atoms with van der Waals surface area (Å²) in [6.07, 6.45) is 34.7. The largest absolute Gasteiger partial charge is 0.325 e. The molecule has 0 aliphatic heterocycles. The fraction of sp³-hybridized carbons (Fsp3) is 1.00. The number of halogens is 1. The Hall–Kier alpha value is 0.250. The average molecular weight is 460 g/mol. The average Bonchev–Trinajstić information content (AvgIpc) is 2.74. The van der Waals surface area contributed by atoms with Gasteiger partial charge in [0.15, 0.2) is 0 Å². The first kappa shape index (κ1) is 33.4. The molecule has 0 atom stereocenters. The van der Waals surface area contributed by atoms with Crippen molar-refractivity contribution in [3.8, 4) is 0 Å². The first-order chi connectivity index (χ1) is 14.7. The second-order valence-electron chi connectivity index (χ2n) is 10.3. The van der Waals surface area contributed by atoms with E-state index >= 15 is 0 Å². The van der Waals surface area contributed by atoms with E-state index in [-0.39, 0.29) is 17.9 Å². The van der Waals surface area contributed by atoms with E-state index in [4.69, 9.17) is 5.73 Å². The number of unbranched alkanes of at least 4 members (excludes halogenated alkanes) is 19. The third kappa shape index (κ3) is 24.7. The monoisotopic (exact) mass is 459 g/mol. The lowest BCUT2D eigenvalue weighted by Gasteiger charge is -2.30. The van der Waals surface area contributed by atoms with Crippen molar-refractivity contribution in [2.75, 3.05) is 0 Å². The second-order valence-corrected chi connectivity index (χ2v) is 10.3. The molecular formula is C29H62ClN. The van der Waals surface area contributed by atoms with E-state index in [2.05, 4.69) is 20.8 Å². The summed E-state index contributed by atoms with van der Waals surface area (Å²) >= 11 is 0. The van der Waals surface area contributed by atoms with Crippen molar-refractivity contribution >= 4 is 12.4 Å². The Labute approximate surface area is 204 Å². The molecule has 31 heavy (non-hydrogen) atoms. The van der Waals surface area contributed by atoms with Gasteiger partial charge in [-0.3, -0.25) is 0 Å². The van der Waals surface area contributed by atoms with Crippen LogP contribution in [0.1, 0.15) is 181 Å². The van der Waals surface area contributed by atoms with E-state index < -0.39 is 0 Å². The molecule has 0 fully saturated rings. The van der Waals surface area contributed by atoms with Gasteiger partial charge in [-0.2, -0.15) is 0 Å². The lowest BCUT2D eigenvalue weighted by Crippen LogP contribution is -2.39. The van der Waals surface area contributed by atoms with E-state index in [1.165, 1.54) is 161 Å². The van der Waals surface area contributed by atoms with Crippen molar-refractivity contribution in [3.63, 3.8) is 0 Å². The Morgan fingerprint density at radius 3 is 0.774 bits per heavy atom. The van der Waals surface area contributed by atoms with Crippen LogP contribution in [0.5, 0.6) is 0 Å². The van der Waals surface area contributed by atoms with Gasteiger partial charge in [0, 0.05) is 5.54 Å². The molecule has 0 radical (unpaired) electrons. The molecule has 0 aromatic carbocycles. The molecule has 0 spiro atoms. The van der Waals surface area contributed by atoms with Gasteiger partial charge in [0.1, 0.15) is 0 Å². The zero-order valence-corrected chi connectivity index (χ0v) is 23.0. The van der Waals surface area contributed by atoms with Crippen LogP contribution in [0.15, 0.2) is 0 Å². The minimum Gasteiger partial charge on any atom is -0.325 e. The van der Waals surface area contributed by atoms with Crippen LogP contribution >= 0.6 is 12.4 Å². The highest BCUT2D eigenvalue weighted by Crippen LogP contribution is 2.27. The van der Waals surface area contributed by atoms with Gasteiger partial charge in [-0.15, -0.1) is 12.4 Å². The highest BCUT2D eigenvalue weighted by molar-refractivity contribution is 5.85. The maximum Gasteiger partial charge on any atom is 0.0154 e. The lowest BCUT2D eigenvalue weighted by atomic mass is 9.82. The molecule has 0 aliphatic carbocycles. The van der Waals surface area contributed by atoms with Crippen molar-refractivity contribution in [1.82, 2.24) is 0 Å². The highest BCUT2D eigenvalue weighted by Gasteiger charge is 2.23. The zero-order chi connectivity index (χ0) is 22.2. The van der Waals surface area contributed by atoms with Gasteiger partial charge < -0.3 is 5.73 Å². The van der Waals surface area contributed by atoms with E-state index in [9.17, 15) is 0 Å². The predicted molar refractivity (Wildman–Crippen MR) is 147 cm³/mol. The number of rotatable bonds is 25. The first-order valence-corrected chi connectivity index (χ1v) is 14.5. The third-order valence-electron chi connectivity index (χ3n) is 7.08. The van der Waals surface area contributed by atoms with Crippen LogP contribution in [-0.2, 0) is 0 Å². The Morgan fingerprint density at radius 2 is 0.548 bits per heavy atom. The standard InChI is InChI=1S/C29H61N.ClH/c1-4-7-10-13-16-19-22-25-28-29(30,26-23-20-17-14-11-8-5-2)27-24-21-18-15-12-9-6-3;/h4-28,30H2,1-3H3;1H. The van der Waals surface area contributed by atoms with Crippen LogP contribution < -0.4 is 5.73 Å². The highest BCUT2D eigenvalue weighted by atomic mass is 35.5. The SMILES string of the molecule is CCCCCCCCCCC(N)(CCCCCCCCC)CCCCCCCCC.Cl. The summed E-state index contributed by atoms with van der Waals surface area (Å²) < 4.78 is 0. The van der Waals surface area contributed by atoms with Crippen LogP contribution in [0.3, 0.4) is 0 Å². The Bertz CT molecular complexity index is 300. The van der Waals surface area contributed by atoms with E-state index in [0.717, 1.165) is 0 Å². The molecule has 0 aliphatic rings. The number of nitrogens with two attached hydrogens (primary N) is 1. The second kappa shape index (κ2) is 26.5. The number of hydrogen-bond donors (Lipinski definition) is 1. The molecule has 0 aromatic heterocycles. The van der Waals surface area contributed by atoms with Crippen LogP contribution in [0.2, 0.25) is 0 Å². The van der Waals surface area contributed by atoms with Crippen molar-refractivity contribution in [2.24, 2.45) is 5.73 Å². The minimum atomic E-state index is 0. The summed E-state index contributed by atoms with van der Waals surface area (Å²) in [6, 6.07) is 0. The maximum absolute atomic E-state index is 7.00. The smallest absolute Gasteiger partial charge is 0.0154 e. The van der Waals surface area contributed by atoms with Crippen molar-refractivity contribution in [3.05, 3.63) is 0 Å². The van der Waals surface area contributed by atoms with Crippen LogP contribution in [0.25, 0.3) is 0 Å². The summed E-state index contributed by atoms with van der Waals surface area (Å²) in [5.41, 5.74) is 7.14. The summed E-state index contributed by atoms with van der Waals surface area (Å²) in [6.45, 7) is 6.91. The van der Waals surface area contributed by atoms with Crippen molar-refractivity contribution in [2.45, 2.75) is 187 Å². The quantitative estimate of drug-likeness (QED) is 0.135. The molecule has 0 amide bonds. The minimum absolute atomic E-state index is 0. The molecule has 0 rings (SSSR count). The van der Waals surface area contributed by atoms with Crippen molar-refractivity contribution in [1.29, 1.82) is 0 Å². The van der Waals surface area contributed by atoms with Gasteiger partial charge >= 0.3 is 0 Å². The van der Waals surface area contributed by atoms with Gasteiger partial charge in [0.05, 0.1) is 0 Å². The van der Waals surface area contributed by atoms with E-state index in [1.54, 1.807) is 0 Å². The topological polar surface area (TPSA) is 26.0 Å². The van der Waals surface area contributed by atoms with E-state index in [0.29, 0.717) is 0 Å². The summed E-state index contributed by atoms with van der Waals surface area (Å²) in [7, 11) is 0. The molecule has 2 heteroatoms. The molecule has 1 nitrogen and oxygen atoms in total. The van der Waals surface area contributed by atoms with Crippen LogP contribution in [0, 0.1) is 0 Å². The van der Waals surface area contributed by atoms with Gasteiger partial charge in [0.2, 0.25) is 0 Å². The normalized spacial score (nSPS) is 11.6. The van der Waals surface area contributed by atoms with Gasteiger partial charge in [-0.25, -0.2) is 0 Å². The van der Waals surface area contributed by atoms with Gasteiger partial charge in [-0.1, -0.05) is 162 Å². The summed E-state index contributed by atoms with van der Waals surface area (Å²) in [4.78, 5) is 0. The molecule has 0 saturated carbocycles. The molecule has 2 N–H and O–H groups in total. The van der Waals surface area contributed by atoms with Crippen LogP contribution in [-0.4, -0.2) is 5.54 Å². The maximum atomic E-state index is 7.00. The molecule has 0 heterocycles. The Kier molecular flexibility index (Phi) is 28.6. The zero-order valence-electron chi connectivity index (χ0n) is 22.2. The van der Waals surface area contributed by atoms with Gasteiger partial charge in [-0.05, 0) is 19.3 Å². The number of hydrogen-bond acceptors (Lipinski definition) is 1. The Balaban J connectivity index is 0. The van der Waals surface area contributed by atoms with Crippen LogP contribution in [0.4, 0.5) is 0 Å². The lowest BCUT2D eigenvalue weighted by molar-refractivity contribution is 0.302. The van der Waals surface area contributed by atoms with E-state index in [1.807, 2.05) is 0 Å². The summed E-state index contributed by atoms with van der Waals surface area (Å²) in [5.74, 6) is 0. The molecule has 0 aromatic rings. The molecule has 190 valence electrons. The molecule has 0 saturated heterocycles. The third-order valence-corrected chi connectivity index (χ3v) is 7.08. The summed E-state index contributed by atoms with van der Waals surface area (Å²) in [5, 5.41) is 0.